The molecule has 0 saturated heterocycles. The number of nitrogens with one attached hydrogen (secondary N) is 3. The second kappa shape index (κ2) is 12.9. The monoisotopic (exact) mass is 530 g/mol. The lowest BCUT2D eigenvalue weighted by molar-refractivity contribution is -0.143. The van der Waals surface area contributed by atoms with E-state index in [1.54, 1.807) is 36.7 Å². The average Bonchev–Trinajstić information content (AvgIpc) is 3.37. The Morgan fingerprint density at radius 2 is 1.78 bits per heavy atom. The minimum absolute atomic E-state index is 0.0163. The maximum atomic E-state index is 12.6. The van der Waals surface area contributed by atoms with Crippen LogP contribution in [-0.4, -0.2) is 53.2 Å². The fourth-order valence-electron chi connectivity index (χ4n) is 3.42. The molecular weight excluding hydrogens is 507 g/mol. The molecule has 1 aromatic heterocycles. The number of rotatable bonds is 11. The molecule has 0 aliphatic rings. The summed E-state index contributed by atoms with van der Waals surface area (Å²) in [4.78, 5) is 56.9. The largest absolute Gasteiger partial charge is 0.467 e. The van der Waals surface area contributed by atoms with Gasteiger partial charge in [-0.3, -0.25) is 14.4 Å². The van der Waals surface area contributed by atoms with Gasteiger partial charge in [0.2, 0.25) is 0 Å². The molecule has 0 fully saturated rings. The van der Waals surface area contributed by atoms with Crippen molar-refractivity contribution in [3.63, 3.8) is 0 Å². The third-order valence-electron chi connectivity index (χ3n) is 5.25. The first kappa shape index (κ1) is 26.9. The number of aromatic nitrogens is 2. The molecule has 3 N–H and O–H groups in total. The molecule has 3 rings (SSSR count). The van der Waals surface area contributed by atoms with Crippen LogP contribution in [0.3, 0.4) is 0 Å². The molecule has 11 heteroatoms. The number of ether oxygens (including phenoxy) is 1. The smallest absolute Gasteiger partial charge is 0.328 e. The van der Waals surface area contributed by atoms with Gasteiger partial charge in [-0.05, 0) is 36.2 Å². The number of H-pyrrole nitrogens is 1. The number of hydrogen-bond acceptors (Lipinski definition) is 6. The minimum Gasteiger partial charge on any atom is -0.467 e. The zero-order chi connectivity index (χ0) is 26.1. The van der Waals surface area contributed by atoms with E-state index in [0.717, 1.165) is 11.4 Å². The Morgan fingerprint density at radius 3 is 2.44 bits per heavy atom. The summed E-state index contributed by atoms with van der Waals surface area (Å²) < 4.78 is 4.74. The Morgan fingerprint density at radius 1 is 1.06 bits per heavy atom. The second-order valence-corrected chi connectivity index (χ2v) is 8.63. The van der Waals surface area contributed by atoms with Gasteiger partial charge in [-0.15, -0.1) is 0 Å². The maximum Gasteiger partial charge on any atom is 0.328 e. The van der Waals surface area contributed by atoms with Crippen molar-refractivity contribution in [2.75, 3.05) is 13.7 Å². The number of amides is 2. The summed E-state index contributed by atoms with van der Waals surface area (Å²) in [7, 11) is 1.17. The van der Waals surface area contributed by atoms with Crippen molar-refractivity contribution in [2.45, 2.75) is 25.3 Å². The molecule has 36 heavy (non-hydrogen) atoms. The van der Waals surface area contributed by atoms with Crippen LogP contribution in [0.5, 0.6) is 0 Å². The molecule has 0 spiro atoms. The molecule has 9 nitrogen and oxygen atoms in total. The molecule has 2 amide bonds. The lowest BCUT2D eigenvalue weighted by Gasteiger charge is -2.17. The highest BCUT2D eigenvalue weighted by atomic mass is 35.5. The summed E-state index contributed by atoms with van der Waals surface area (Å²) in [5, 5.41) is 5.33. The van der Waals surface area contributed by atoms with Gasteiger partial charge in [-0.1, -0.05) is 41.4 Å². The lowest BCUT2D eigenvalue weighted by atomic mass is 10.1. The number of nitrogens with zero attached hydrogens (tertiary/aromatic N) is 1. The third kappa shape index (κ3) is 7.40. The van der Waals surface area contributed by atoms with Crippen molar-refractivity contribution < 1.29 is 23.9 Å². The molecule has 1 atom stereocenters. The van der Waals surface area contributed by atoms with Gasteiger partial charge in [0.05, 0.1) is 29.3 Å². The van der Waals surface area contributed by atoms with Crippen LogP contribution < -0.4 is 10.6 Å². The van der Waals surface area contributed by atoms with Crippen LogP contribution in [0.1, 0.15) is 44.9 Å². The van der Waals surface area contributed by atoms with E-state index in [4.69, 9.17) is 27.9 Å². The van der Waals surface area contributed by atoms with Crippen LogP contribution in [0.25, 0.3) is 0 Å². The van der Waals surface area contributed by atoms with Gasteiger partial charge in [0, 0.05) is 30.8 Å². The Hall–Kier alpha value is -3.69. The van der Waals surface area contributed by atoms with Crippen LogP contribution in [0.15, 0.2) is 54.9 Å². The van der Waals surface area contributed by atoms with Crippen LogP contribution in [0.4, 0.5) is 0 Å². The summed E-state index contributed by atoms with van der Waals surface area (Å²) >= 11 is 12.1. The number of imidazole rings is 1. The number of ketones is 1. The quantitative estimate of drug-likeness (QED) is 0.326. The second-order valence-electron chi connectivity index (χ2n) is 7.82. The summed E-state index contributed by atoms with van der Waals surface area (Å²) in [6, 6.07) is 10.5. The molecule has 0 bridgehead atoms. The maximum absolute atomic E-state index is 12.6. The van der Waals surface area contributed by atoms with Crippen LogP contribution >= 0.6 is 23.2 Å². The average molecular weight is 531 g/mol. The van der Waals surface area contributed by atoms with Gasteiger partial charge < -0.3 is 20.4 Å². The molecule has 188 valence electrons. The standard InChI is InChI=1S/C25H24Cl2N4O5/c1-36-25(35)20(31-24(34)22-18(26)6-3-7-19(22)27)9-8-17(32)14-30-23(33)16-5-2-4-15(12-16)13-21-28-10-11-29-21/h2-7,10-12,20H,8-9,13-14H2,1H3,(H,28,29)(H,30,33)(H,31,34)/t20-/m0/s1. The van der Waals surface area contributed by atoms with Crippen LogP contribution in [0.2, 0.25) is 10.0 Å². The Balaban J connectivity index is 1.53. The molecular formula is C25H24Cl2N4O5. The zero-order valence-electron chi connectivity index (χ0n) is 19.3. The van der Waals surface area contributed by atoms with Crippen molar-refractivity contribution in [3.8, 4) is 0 Å². The molecule has 3 aromatic rings. The van der Waals surface area contributed by atoms with E-state index >= 15 is 0 Å². The van der Waals surface area contributed by atoms with Crippen molar-refractivity contribution >= 4 is 46.8 Å². The molecule has 2 aromatic carbocycles. The summed E-state index contributed by atoms with van der Waals surface area (Å²) in [6.45, 7) is -0.237. The fourth-order valence-corrected chi connectivity index (χ4v) is 3.99. The molecule has 0 radical (unpaired) electrons. The van der Waals surface area contributed by atoms with Crippen LogP contribution in [-0.2, 0) is 20.7 Å². The van der Waals surface area contributed by atoms with E-state index in [1.807, 2.05) is 6.07 Å². The van der Waals surface area contributed by atoms with E-state index in [0.29, 0.717) is 12.0 Å². The molecule has 1 heterocycles. The molecule has 0 aliphatic carbocycles. The first-order valence-electron chi connectivity index (χ1n) is 11.0. The van der Waals surface area contributed by atoms with Crippen molar-refractivity contribution in [2.24, 2.45) is 0 Å². The number of aromatic amines is 1. The van der Waals surface area contributed by atoms with Crippen molar-refractivity contribution in [3.05, 3.63) is 87.4 Å². The minimum atomic E-state index is -1.10. The highest BCUT2D eigenvalue weighted by Gasteiger charge is 2.25. The van der Waals surface area contributed by atoms with Gasteiger partial charge in [0.25, 0.3) is 11.8 Å². The van der Waals surface area contributed by atoms with E-state index in [-0.39, 0.29) is 40.8 Å². The summed E-state index contributed by atoms with van der Waals surface area (Å²) in [6.07, 6.45) is 3.79. The number of benzene rings is 2. The Bertz CT molecular complexity index is 1230. The first-order chi connectivity index (χ1) is 17.3. The predicted octanol–water partition coefficient (Wildman–Crippen LogP) is 3.36. The number of halogens is 2. The zero-order valence-corrected chi connectivity index (χ0v) is 20.9. The predicted molar refractivity (Wildman–Crippen MR) is 134 cm³/mol. The van der Waals surface area contributed by atoms with Crippen molar-refractivity contribution in [1.29, 1.82) is 0 Å². The third-order valence-corrected chi connectivity index (χ3v) is 5.88. The van der Waals surface area contributed by atoms with E-state index < -0.39 is 23.8 Å². The number of methoxy groups -OCH3 is 1. The van der Waals surface area contributed by atoms with E-state index in [1.165, 1.54) is 19.2 Å². The van der Waals surface area contributed by atoms with Gasteiger partial charge in [-0.25, -0.2) is 9.78 Å². The van der Waals surface area contributed by atoms with Gasteiger partial charge in [0.15, 0.2) is 5.78 Å². The highest BCUT2D eigenvalue weighted by molar-refractivity contribution is 6.39. The highest BCUT2D eigenvalue weighted by Crippen LogP contribution is 2.24. The molecule has 0 saturated carbocycles. The molecule has 0 aliphatic heterocycles. The van der Waals surface area contributed by atoms with Crippen LogP contribution in [0, 0.1) is 0 Å². The van der Waals surface area contributed by atoms with E-state index in [2.05, 4.69) is 20.6 Å². The first-order valence-corrected chi connectivity index (χ1v) is 11.7. The molecule has 0 unspecified atom stereocenters. The fraction of sp³-hybridized carbons (Fsp3) is 0.240. The normalized spacial score (nSPS) is 11.4. The van der Waals surface area contributed by atoms with Crippen molar-refractivity contribution in [1.82, 2.24) is 20.6 Å². The lowest BCUT2D eigenvalue weighted by Crippen LogP contribution is -2.42. The summed E-state index contributed by atoms with van der Waals surface area (Å²) in [5.74, 6) is -1.36. The van der Waals surface area contributed by atoms with Gasteiger partial charge in [-0.2, -0.15) is 0 Å². The number of carbonyl (C=O) groups excluding carboxylic acids is 4. The number of carbonyl (C=O) groups is 4. The van der Waals surface area contributed by atoms with Gasteiger partial charge >= 0.3 is 5.97 Å². The van der Waals surface area contributed by atoms with Gasteiger partial charge in [0.1, 0.15) is 11.9 Å². The topological polar surface area (TPSA) is 130 Å². The summed E-state index contributed by atoms with van der Waals surface area (Å²) in [5.41, 5.74) is 1.31. The van der Waals surface area contributed by atoms with E-state index in [9.17, 15) is 19.2 Å². The number of Topliss-reactive ketones (excluding diaryl/α,β-unsaturated/α-hetero) is 1. The Labute approximate surface area is 217 Å². The SMILES string of the molecule is COC(=O)[C@H](CCC(=O)CNC(=O)c1cccc(Cc2ncc[nH]2)c1)NC(=O)c1c(Cl)cccc1Cl. The Kier molecular flexibility index (Phi) is 9.61. The number of esters is 1. The number of hydrogen-bond donors (Lipinski definition) is 3.